The standard InChI is InChI=1S/C18H18ClN5O2/c1-13-2-8-16(9-3-13)26-11-10-20-17(25)12-24-22-18(21-23-24)14-4-6-15(19)7-5-14/h2-9H,10-12H2,1H3,(H,20,25). The molecule has 1 N–H and O–H groups in total. The van der Waals surface area contributed by atoms with Gasteiger partial charge >= 0.3 is 0 Å². The Hall–Kier alpha value is -2.93. The van der Waals surface area contributed by atoms with E-state index in [2.05, 4.69) is 20.7 Å². The first-order chi connectivity index (χ1) is 12.6. The van der Waals surface area contributed by atoms with Crippen LogP contribution in [0.15, 0.2) is 48.5 Å². The Morgan fingerprint density at radius 1 is 1.15 bits per heavy atom. The van der Waals surface area contributed by atoms with Crippen LogP contribution in [0.1, 0.15) is 5.56 Å². The van der Waals surface area contributed by atoms with Crippen LogP contribution in [0.25, 0.3) is 11.4 Å². The van der Waals surface area contributed by atoms with Gasteiger partial charge in [0.1, 0.15) is 18.9 Å². The second kappa shape index (κ2) is 8.44. The number of nitrogens with one attached hydrogen (secondary N) is 1. The van der Waals surface area contributed by atoms with Crippen LogP contribution in [0.4, 0.5) is 0 Å². The van der Waals surface area contributed by atoms with Crippen molar-refractivity contribution in [3.63, 3.8) is 0 Å². The molecule has 0 fully saturated rings. The summed E-state index contributed by atoms with van der Waals surface area (Å²) in [5.41, 5.74) is 1.96. The lowest BCUT2D eigenvalue weighted by Crippen LogP contribution is -2.31. The number of aryl methyl sites for hydroxylation is 1. The molecule has 0 aliphatic rings. The number of tetrazole rings is 1. The van der Waals surface area contributed by atoms with Crippen LogP contribution in [0.2, 0.25) is 5.02 Å². The molecule has 0 spiro atoms. The van der Waals surface area contributed by atoms with Crippen LogP contribution < -0.4 is 10.1 Å². The summed E-state index contributed by atoms with van der Waals surface area (Å²) in [7, 11) is 0. The lowest BCUT2D eigenvalue weighted by molar-refractivity contribution is -0.122. The number of hydrogen-bond donors (Lipinski definition) is 1. The fraction of sp³-hybridized carbons (Fsp3) is 0.222. The molecule has 0 saturated heterocycles. The van der Waals surface area contributed by atoms with Crippen molar-refractivity contribution in [2.24, 2.45) is 0 Å². The Bertz CT molecular complexity index is 862. The third-order valence-corrected chi connectivity index (χ3v) is 3.81. The minimum absolute atomic E-state index is 0.00881. The van der Waals surface area contributed by atoms with Gasteiger partial charge in [-0.05, 0) is 48.5 Å². The molecular weight excluding hydrogens is 354 g/mol. The smallest absolute Gasteiger partial charge is 0.243 e. The molecular formula is C18H18ClN5O2. The number of benzene rings is 2. The van der Waals surface area contributed by atoms with Crippen LogP contribution in [-0.4, -0.2) is 39.3 Å². The maximum atomic E-state index is 11.9. The molecule has 0 bridgehead atoms. The van der Waals surface area contributed by atoms with Crippen molar-refractivity contribution in [3.05, 3.63) is 59.1 Å². The summed E-state index contributed by atoms with van der Waals surface area (Å²) in [5.74, 6) is 1.00. The number of carbonyl (C=O) groups excluding carboxylic acids is 1. The zero-order valence-electron chi connectivity index (χ0n) is 14.2. The number of hydrogen-bond acceptors (Lipinski definition) is 5. The van der Waals surface area contributed by atoms with Gasteiger partial charge in [0.05, 0.1) is 6.54 Å². The highest BCUT2D eigenvalue weighted by Gasteiger charge is 2.09. The largest absolute Gasteiger partial charge is 0.492 e. The van der Waals surface area contributed by atoms with E-state index in [1.807, 2.05) is 31.2 Å². The Morgan fingerprint density at radius 3 is 2.62 bits per heavy atom. The van der Waals surface area contributed by atoms with Gasteiger partial charge in [0, 0.05) is 10.6 Å². The molecule has 1 amide bonds. The number of amides is 1. The van der Waals surface area contributed by atoms with Gasteiger partial charge in [0.25, 0.3) is 0 Å². The van der Waals surface area contributed by atoms with Gasteiger partial charge in [-0.15, -0.1) is 10.2 Å². The predicted molar refractivity (Wildman–Crippen MR) is 97.9 cm³/mol. The molecule has 26 heavy (non-hydrogen) atoms. The summed E-state index contributed by atoms with van der Waals surface area (Å²) in [6.45, 7) is 2.78. The highest BCUT2D eigenvalue weighted by atomic mass is 35.5. The molecule has 8 heteroatoms. The highest BCUT2D eigenvalue weighted by Crippen LogP contribution is 2.16. The Kier molecular flexibility index (Phi) is 5.80. The number of nitrogens with zero attached hydrogens (tertiary/aromatic N) is 4. The Balaban J connectivity index is 1.43. The van der Waals surface area contributed by atoms with E-state index >= 15 is 0 Å². The van der Waals surface area contributed by atoms with E-state index in [9.17, 15) is 4.79 Å². The first-order valence-electron chi connectivity index (χ1n) is 8.10. The van der Waals surface area contributed by atoms with Crippen LogP contribution in [0.5, 0.6) is 5.75 Å². The Morgan fingerprint density at radius 2 is 1.88 bits per heavy atom. The molecule has 1 heterocycles. The van der Waals surface area contributed by atoms with Crippen molar-refractivity contribution in [2.45, 2.75) is 13.5 Å². The first-order valence-corrected chi connectivity index (χ1v) is 8.48. The maximum absolute atomic E-state index is 11.9. The van der Waals surface area contributed by atoms with Crippen molar-refractivity contribution < 1.29 is 9.53 Å². The van der Waals surface area contributed by atoms with Crippen LogP contribution in [0.3, 0.4) is 0 Å². The molecule has 3 aromatic rings. The quantitative estimate of drug-likeness (QED) is 0.645. The van der Waals surface area contributed by atoms with Crippen LogP contribution in [-0.2, 0) is 11.3 Å². The summed E-state index contributed by atoms with van der Waals surface area (Å²) >= 11 is 5.85. The maximum Gasteiger partial charge on any atom is 0.243 e. The lowest BCUT2D eigenvalue weighted by Gasteiger charge is -2.07. The third kappa shape index (κ3) is 5.03. The van der Waals surface area contributed by atoms with Gasteiger partial charge in [-0.2, -0.15) is 4.80 Å². The molecule has 0 aliphatic heterocycles. The SMILES string of the molecule is Cc1ccc(OCCNC(=O)Cn2nnc(-c3ccc(Cl)cc3)n2)cc1. The van der Waals surface area contributed by atoms with Crippen molar-refractivity contribution in [1.29, 1.82) is 0 Å². The Labute approximate surface area is 155 Å². The van der Waals surface area contributed by atoms with Gasteiger partial charge < -0.3 is 10.1 Å². The molecule has 0 atom stereocenters. The second-order valence-electron chi connectivity index (χ2n) is 5.66. The van der Waals surface area contributed by atoms with Crippen molar-refractivity contribution in [2.75, 3.05) is 13.2 Å². The monoisotopic (exact) mass is 371 g/mol. The van der Waals surface area contributed by atoms with E-state index in [1.54, 1.807) is 24.3 Å². The van der Waals surface area contributed by atoms with E-state index in [-0.39, 0.29) is 12.5 Å². The molecule has 1 aromatic heterocycles. The van der Waals surface area contributed by atoms with Crippen LogP contribution in [0, 0.1) is 6.92 Å². The normalized spacial score (nSPS) is 10.5. The van der Waals surface area contributed by atoms with E-state index < -0.39 is 0 Å². The molecule has 0 saturated carbocycles. The van der Waals surface area contributed by atoms with E-state index in [4.69, 9.17) is 16.3 Å². The van der Waals surface area contributed by atoms with Gasteiger partial charge in [0.2, 0.25) is 11.7 Å². The molecule has 0 aliphatic carbocycles. The molecule has 2 aromatic carbocycles. The number of ether oxygens (including phenoxy) is 1. The van der Waals surface area contributed by atoms with E-state index in [0.717, 1.165) is 11.3 Å². The average molecular weight is 372 g/mol. The summed E-state index contributed by atoms with van der Waals surface area (Å²) < 4.78 is 5.56. The highest BCUT2D eigenvalue weighted by molar-refractivity contribution is 6.30. The summed E-state index contributed by atoms with van der Waals surface area (Å²) in [4.78, 5) is 13.2. The zero-order valence-corrected chi connectivity index (χ0v) is 15.0. The number of carbonyl (C=O) groups is 1. The zero-order chi connectivity index (χ0) is 18.4. The number of rotatable bonds is 7. The molecule has 3 rings (SSSR count). The van der Waals surface area contributed by atoms with Crippen molar-refractivity contribution in [1.82, 2.24) is 25.5 Å². The summed E-state index contributed by atoms with van der Waals surface area (Å²) in [6.07, 6.45) is 0. The molecule has 0 unspecified atom stereocenters. The number of halogens is 1. The fourth-order valence-corrected chi connectivity index (χ4v) is 2.33. The number of aromatic nitrogens is 4. The molecule has 7 nitrogen and oxygen atoms in total. The molecule has 134 valence electrons. The van der Waals surface area contributed by atoms with Crippen molar-refractivity contribution >= 4 is 17.5 Å². The average Bonchev–Trinajstić information content (AvgIpc) is 3.09. The van der Waals surface area contributed by atoms with Gasteiger partial charge in [-0.25, -0.2) is 0 Å². The third-order valence-electron chi connectivity index (χ3n) is 3.55. The minimum atomic E-state index is -0.211. The van der Waals surface area contributed by atoms with Crippen LogP contribution >= 0.6 is 11.6 Å². The summed E-state index contributed by atoms with van der Waals surface area (Å²) in [5, 5.41) is 15.4. The predicted octanol–water partition coefficient (Wildman–Crippen LogP) is 2.50. The minimum Gasteiger partial charge on any atom is -0.492 e. The van der Waals surface area contributed by atoms with Gasteiger partial charge in [-0.3, -0.25) is 4.79 Å². The molecule has 0 radical (unpaired) electrons. The first kappa shape index (κ1) is 17.9. The van der Waals surface area contributed by atoms with Gasteiger partial charge in [0.15, 0.2) is 0 Å². The van der Waals surface area contributed by atoms with Gasteiger partial charge in [-0.1, -0.05) is 29.3 Å². The topological polar surface area (TPSA) is 81.9 Å². The summed E-state index contributed by atoms with van der Waals surface area (Å²) in [6, 6.07) is 14.8. The van der Waals surface area contributed by atoms with E-state index in [0.29, 0.717) is 24.0 Å². The fourth-order valence-electron chi connectivity index (χ4n) is 2.20. The van der Waals surface area contributed by atoms with Crippen molar-refractivity contribution in [3.8, 4) is 17.1 Å². The second-order valence-corrected chi connectivity index (χ2v) is 6.10. The van der Waals surface area contributed by atoms with E-state index in [1.165, 1.54) is 10.4 Å². The lowest BCUT2D eigenvalue weighted by atomic mass is 10.2.